The average molecular weight is 286 g/mol. The van der Waals surface area contributed by atoms with Gasteiger partial charge in [0, 0.05) is 11.3 Å². The van der Waals surface area contributed by atoms with Crippen molar-refractivity contribution in [2.45, 2.75) is 0 Å². The molecule has 0 spiro atoms. The van der Waals surface area contributed by atoms with E-state index in [-0.39, 0.29) is 0 Å². The zero-order valence-electron chi connectivity index (χ0n) is 9.28. The number of nitrogens with one attached hydrogen (secondary N) is 1. The van der Waals surface area contributed by atoms with Gasteiger partial charge < -0.3 is 5.32 Å². The first-order valence-electron chi connectivity index (χ1n) is 5.36. The molecule has 84 valence electrons. The molecule has 0 amide bonds. The fourth-order valence-electron chi connectivity index (χ4n) is 1.51. The highest BCUT2D eigenvalue weighted by molar-refractivity contribution is 9.09. The number of hydrogen-bond acceptors (Lipinski definition) is 1. The minimum atomic E-state index is 0.687. The molecule has 2 rings (SSSR count). The van der Waals surface area contributed by atoms with Gasteiger partial charge in [0.25, 0.3) is 0 Å². The van der Waals surface area contributed by atoms with Gasteiger partial charge in [0.05, 0.1) is 11.0 Å². The lowest BCUT2D eigenvalue weighted by Crippen LogP contribution is -1.92. The highest BCUT2D eigenvalue weighted by atomic mass is 79.9. The maximum atomic E-state index is 3.36. The molecule has 0 unspecified atom stereocenters. The zero-order chi connectivity index (χ0) is 11.9. The van der Waals surface area contributed by atoms with E-state index in [1.165, 1.54) is 0 Å². The fraction of sp³-hybridized carbons (Fsp3) is 0.0667. The zero-order valence-corrected chi connectivity index (χ0v) is 10.9. The lowest BCUT2D eigenvalue weighted by atomic mass is 10.1. The summed E-state index contributed by atoms with van der Waals surface area (Å²) in [6.07, 6.45) is 0. The summed E-state index contributed by atoms with van der Waals surface area (Å²) in [6.45, 7) is 0. The van der Waals surface area contributed by atoms with E-state index in [0.29, 0.717) is 5.33 Å². The van der Waals surface area contributed by atoms with E-state index in [9.17, 15) is 0 Å². The first kappa shape index (κ1) is 11.8. The van der Waals surface area contributed by atoms with E-state index in [1.807, 2.05) is 54.6 Å². The Hall–Kier alpha value is -1.72. The summed E-state index contributed by atoms with van der Waals surface area (Å²) in [7, 11) is 0. The number of rotatable bonds is 2. The van der Waals surface area contributed by atoms with Gasteiger partial charge in [-0.15, -0.1) is 0 Å². The molecular weight excluding hydrogens is 274 g/mol. The number of alkyl halides is 1. The topological polar surface area (TPSA) is 12.0 Å². The van der Waals surface area contributed by atoms with E-state index in [0.717, 1.165) is 16.9 Å². The molecular formula is C15H12BrN. The molecule has 2 heteroatoms. The standard InChI is InChI=1S/C15H12BrN/c16-12-6-8-13-7-4-5-11-15(13)17-14-9-2-1-3-10-14/h1-5,7,9-11,17H,12H2. The molecule has 0 saturated heterocycles. The van der Waals surface area contributed by atoms with Crippen LogP contribution in [0.5, 0.6) is 0 Å². The van der Waals surface area contributed by atoms with Crippen LogP contribution in [0, 0.1) is 11.8 Å². The van der Waals surface area contributed by atoms with Gasteiger partial charge in [-0.3, -0.25) is 0 Å². The van der Waals surface area contributed by atoms with Crippen molar-refractivity contribution >= 4 is 27.3 Å². The predicted octanol–water partition coefficient (Wildman–Crippen LogP) is 4.18. The summed E-state index contributed by atoms with van der Waals surface area (Å²) >= 11 is 3.30. The van der Waals surface area contributed by atoms with Crippen molar-refractivity contribution in [3.63, 3.8) is 0 Å². The van der Waals surface area contributed by atoms with Crippen molar-refractivity contribution in [2.24, 2.45) is 0 Å². The molecule has 2 aromatic carbocycles. The minimum Gasteiger partial charge on any atom is -0.355 e. The number of benzene rings is 2. The molecule has 0 heterocycles. The predicted molar refractivity (Wildman–Crippen MR) is 76.8 cm³/mol. The normalized spacial score (nSPS) is 9.24. The Morgan fingerprint density at radius 3 is 2.41 bits per heavy atom. The molecule has 0 bridgehead atoms. The van der Waals surface area contributed by atoms with Crippen molar-refractivity contribution in [3.05, 3.63) is 60.2 Å². The van der Waals surface area contributed by atoms with Gasteiger partial charge in [-0.1, -0.05) is 58.1 Å². The quantitative estimate of drug-likeness (QED) is 0.645. The van der Waals surface area contributed by atoms with Crippen LogP contribution in [-0.2, 0) is 0 Å². The second-order valence-electron chi connectivity index (χ2n) is 3.47. The summed E-state index contributed by atoms with van der Waals surface area (Å²) in [5, 5.41) is 4.05. The summed E-state index contributed by atoms with van der Waals surface area (Å²) in [5.74, 6) is 6.14. The second-order valence-corrected chi connectivity index (χ2v) is 4.03. The molecule has 2 aromatic rings. The number of anilines is 2. The molecule has 1 N–H and O–H groups in total. The van der Waals surface area contributed by atoms with Crippen molar-refractivity contribution < 1.29 is 0 Å². The van der Waals surface area contributed by atoms with Crippen molar-refractivity contribution in [1.82, 2.24) is 0 Å². The maximum absolute atomic E-state index is 3.36. The number of hydrogen-bond donors (Lipinski definition) is 1. The molecule has 0 aliphatic carbocycles. The first-order chi connectivity index (χ1) is 8.40. The van der Waals surface area contributed by atoms with E-state index < -0.39 is 0 Å². The highest BCUT2D eigenvalue weighted by Gasteiger charge is 1.98. The van der Waals surface area contributed by atoms with E-state index in [2.05, 4.69) is 33.1 Å². The highest BCUT2D eigenvalue weighted by Crippen LogP contribution is 2.19. The third-order valence-electron chi connectivity index (χ3n) is 2.27. The van der Waals surface area contributed by atoms with Crippen LogP contribution in [-0.4, -0.2) is 5.33 Å². The Balaban J connectivity index is 2.27. The Labute approximate surface area is 110 Å². The lowest BCUT2D eigenvalue weighted by molar-refractivity contribution is 1.52. The van der Waals surface area contributed by atoms with Gasteiger partial charge in [-0.25, -0.2) is 0 Å². The van der Waals surface area contributed by atoms with Gasteiger partial charge in [0.1, 0.15) is 0 Å². The van der Waals surface area contributed by atoms with Gasteiger partial charge in [-0.2, -0.15) is 0 Å². The van der Waals surface area contributed by atoms with Crippen LogP contribution >= 0.6 is 15.9 Å². The summed E-state index contributed by atoms with van der Waals surface area (Å²) in [6, 6.07) is 18.1. The number of para-hydroxylation sites is 2. The molecule has 0 aliphatic heterocycles. The van der Waals surface area contributed by atoms with Crippen molar-refractivity contribution in [3.8, 4) is 11.8 Å². The molecule has 0 aliphatic rings. The Morgan fingerprint density at radius 2 is 1.65 bits per heavy atom. The van der Waals surface area contributed by atoms with Crippen LogP contribution in [0.4, 0.5) is 11.4 Å². The second kappa shape index (κ2) is 6.12. The average Bonchev–Trinajstić information content (AvgIpc) is 2.39. The van der Waals surface area contributed by atoms with Crippen molar-refractivity contribution in [2.75, 3.05) is 10.6 Å². The van der Waals surface area contributed by atoms with Crippen LogP contribution < -0.4 is 5.32 Å². The Kier molecular flexibility index (Phi) is 4.23. The first-order valence-corrected chi connectivity index (χ1v) is 6.48. The van der Waals surface area contributed by atoms with Crippen LogP contribution in [0.3, 0.4) is 0 Å². The van der Waals surface area contributed by atoms with Gasteiger partial charge in [0.15, 0.2) is 0 Å². The largest absolute Gasteiger partial charge is 0.355 e. The van der Waals surface area contributed by atoms with Gasteiger partial charge in [-0.05, 0) is 24.3 Å². The van der Waals surface area contributed by atoms with E-state index >= 15 is 0 Å². The van der Waals surface area contributed by atoms with Crippen LogP contribution in [0.2, 0.25) is 0 Å². The molecule has 17 heavy (non-hydrogen) atoms. The minimum absolute atomic E-state index is 0.687. The van der Waals surface area contributed by atoms with Crippen molar-refractivity contribution in [1.29, 1.82) is 0 Å². The summed E-state index contributed by atoms with van der Waals surface area (Å²) in [5.41, 5.74) is 3.11. The third kappa shape index (κ3) is 3.37. The number of halogens is 1. The molecule has 0 saturated carbocycles. The Bertz CT molecular complexity index is 538. The fourth-order valence-corrected chi connectivity index (χ4v) is 1.65. The van der Waals surface area contributed by atoms with Gasteiger partial charge >= 0.3 is 0 Å². The lowest BCUT2D eigenvalue weighted by Gasteiger charge is -2.08. The SMILES string of the molecule is BrCC#Cc1ccccc1Nc1ccccc1. The van der Waals surface area contributed by atoms with E-state index in [1.54, 1.807) is 0 Å². The van der Waals surface area contributed by atoms with E-state index in [4.69, 9.17) is 0 Å². The van der Waals surface area contributed by atoms with Crippen LogP contribution in [0.25, 0.3) is 0 Å². The third-order valence-corrected chi connectivity index (χ3v) is 2.55. The molecule has 0 atom stereocenters. The summed E-state index contributed by atoms with van der Waals surface area (Å²) in [4.78, 5) is 0. The smallest absolute Gasteiger partial charge is 0.0649 e. The Morgan fingerprint density at radius 1 is 0.941 bits per heavy atom. The molecule has 1 nitrogen and oxygen atoms in total. The monoisotopic (exact) mass is 285 g/mol. The molecule has 0 fully saturated rings. The summed E-state index contributed by atoms with van der Waals surface area (Å²) < 4.78 is 0. The van der Waals surface area contributed by atoms with Crippen LogP contribution in [0.15, 0.2) is 54.6 Å². The maximum Gasteiger partial charge on any atom is 0.0649 e. The molecule has 0 aromatic heterocycles. The molecule has 0 radical (unpaired) electrons. The van der Waals surface area contributed by atoms with Crippen LogP contribution in [0.1, 0.15) is 5.56 Å². The van der Waals surface area contributed by atoms with Gasteiger partial charge in [0.2, 0.25) is 0 Å².